The van der Waals surface area contributed by atoms with Crippen LogP contribution in [0.4, 0.5) is 11.6 Å². The summed E-state index contributed by atoms with van der Waals surface area (Å²) < 4.78 is 0. The van der Waals surface area contributed by atoms with E-state index in [0.29, 0.717) is 11.6 Å². The zero-order valence-electron chi connectivity index (χ0n) is 16.2. The number of nitrogens with one attached hydrogen (secondary N) is 1. The molecule has 29 heavy (non-hydrogen) atoms. The highest BCUT2D eigenvalue weighted by molar-refractivity contribution is 5.92. The molecule has 0 aromatic carbocycles. The smallest absolute Gasteiger partial charge is 0.274 e. The van der Waals surface area contributed by atoms with Gasteiger partial charge in [0.05, 0.1) is 6.20 Å². The Bertz CT molecular complexity index is 926. The summed E-state index contributed by atoms with van der Waals surface area (Å²) in [4.78, 5) is 31.1. The van der Waals surface area contributed by atoms with E-state index >= 15 is 0 Å². The average molecular weight is 388 g/mol. The summed E-state index contributed by atoms with van der Waals surface area (Å²) in [5.74, 6) is 2.21. The highest BCUT2D eigenvalue weighted by Gasteiger charge is 2.24. The Balaban J connectivity index is 1.26. The minimum Gasteiger partial charge on any atom is -0.337 e. The van der Waals surface area contributed by atoms with Crippen LogP contribution in [0.2, 0.25) is 0 Å². The number of hydrogen-bond donors (Lipinski definition) is 1. The molecule has 0 bridgehead atoms. The molecule has 4 rings (SSSR count). The number of amides is 1. The number of aryl methyl sites for hydroxylation is 1. The van der Waals surface area contributed by atoms with Crippen LogP contribution in [0.3, 0.4) is 0 Å². The van der Waals surface area contributed by atoms with Gasteiger partial charge >= 0.3 is 0 Å². The lowest BCUT2D eigenvalue weighted by atomic mass is 9.90. The molecule has 1 aliphatic rings. The number of anilines is 2. The molecule has 0 saturated carbocycles. The van der Waals surface area contributed by atoms with E-state index in [1.54, 1.807) is 18.6 Å². The van der Waals surface area contributed by atoms with Gasteiger partial charge in [0.15, 0.2) is 0 Å². The Hall–Kier alpha value is -3.35. The molecule has 0 spiro atoms. The number of carbonyl (C=O) groups excluding carboxylic acids is 1. The largest absolute Gasteiger partial charge is 0.337 e. The van der Waals surface area contributed by atoms with Crippen LogP contribution >= 0.6 is 0 Å². The molecular weight excluding hydrogens is 364 g/mol. The van der Waals surface area contributed by atoms with Crippen LogP contribution in [-0.4, -0.2) is 43.8 Å². The molecule has 1 amide bonds. The molecule has 3 aromatic rings. The molecule has 1 fully saturated rings. The number of piperidine rings is 1. The third-order valence-electron chi connectivity index (χ3n) is 5.27. The lowest BCUT2D eigenvalue weighted by molar-refractivity contribution is 0.0680. The summed E-state index contributed by atoms with van der Waals surface area (Å²) in [5, 5.41) is 3.24. The van der Waals surface area contributed by atoms with Gasteiger partial charge < -0.3 is 10.2 Å². The Morgan fingerprint density at radius 1 is 1.00 bits per heavy atom. The van der Waals surface area contributed by atoms with Gasteiger partial charge in [0.2, 0.25) is 0 Å². The molecule has 0 unspecified atom stereocenters. The van der Waals surface area contributed by atoms with Crippen LogP contribution in [0.1, 0.15) is 35.3 Å². The van der Waals surface area contributed by atoms with Gasteiger partial charge in [-0.3, -0.25) is 9.78 Å². The Morgan fingerprint density at radius 3 is 2.62 bits per heavy atom. The fraction of sp³-hybridized carbons (Fsp3) is 0.318. The zero-order valence-corrected chi connectivity index (χ0v) is 16.2. The Morgan fingerprint density at radius 2 is 1.86 bits per heavy atom. The molecule has 7 nitrogen and oxygen atoms in total. The second-order valence-corrected chi connectivity index (χ2v) is 7.25. The Kier molecular flexibility index (Phi) is 6.04. The fourth-order valence-electron chi connectivity index (χ4n) is 3.63. The van der Waals surface area contributed by atoms with E-state index in [-0.39, 0.29) is 5.91 Å². The Labute approximate surface area is 170 Å². The van der Waals surface area contributed by atoms with Crippen molar-refractivity contribution in [2.75, 3.05) is 18.4 Å². The normalized spacial score (nSPS) is 14.6. The summed E-state index contributed by atoms with van der Waals surface area (Å²) in [6, 6.07) is 9.91. The van der Waals surface area contributed by atoms with Gasteiger partial charge in [-0.2, -0.15) is 0 Å². The van der Waals surface area contributed by atoms with Crippen LogP contribution in [0.5, 0.6) is 0 Å². The first-order valence-electron chi connectivity index (χ1n) is 9.96. The molecule has 1 aliphatic heterocycles. The molecule has 4 heterocycles. The topological polar surface area (TPSA) is 83.9 Å². The molecule has 1 N–H and O–H groups in total. The van der Waals surface area contributed by atoms with E-state index in [1.165, 1.54) is 11.8 Å². The summed E-state index contributed by atoms with van der Waals surface area (Å²) in [6.07, 6.45) is 12.4. The maximum atomic E-state index is 12.5. The molecule has 0 aliphatic carbocycles. The summed E-state index contributed by atoms with van der Waals surface area (Å²) in [5.41, 5.74) is 1.69. The molecule has 148 valence electrons. The van der Waals surface area contributed by atoms with E-state index in [1.807, 2.05) is 29.3 Å². The van der Waals surface area contributed by atoms with E-state index in [2.05, 4.69) is 37.4 Å². The monoisotopic (exact) mass is 388 g/mol. The number of nitrogens with zero attached hydrogens (tertiary/aromatic N) is 5. The zero-order chi connectivity index (χ0) is 19.9. The number of likely N-dealkylation sites (tertiary alicyclic amines) is 1. The predicted octanol–water partition coefficient (Wildman–Crippen LogP) is 3.50. The lowest BCUT2D eigenvalue weighted by Gasteiger charge is -2.31. The van der Waals surface area contributed by atoms with Gasteiger partial charge in [0, 0.05) is 37.9 Å². The molecule has 1 saturated heterocycles. The van der Waals surface area contributed by atoms with Crippen LogP contribution < -0.4 is 5.32 Å². The number of aromatic nitrogens is 4. The second-order valence-electron chi connectivity index (χ2n) is 7.25. The third-order valence-corrected chi connectivity index (χ3v) is 5.27. The van der Waals surface area contributed by atoms with Gasteiger partial charge in [-0.05, 0) is 61.4 Å². The molecule has 0 radical (unpaired) electrons. The maximum absolute atomic E-state index is 12.5. The van der Waals surface area contributed by atoms with Crippen molar-refractivity contribution < 1.29 is 4.79 Å². The lowest BCUT2D eigenvalue weighted by Crippen LogP contribution is -2.39. The quantitative estimate of drug-likeness (QED) is 0.696. The van der Waals surface area contributed by atoms with Crippen molar-refractivity contribution in [1.82, 2.24) is 24.8 Å². The number of hydrogen-bond acceptors (Lipinski definition) is 6. The predicted molar refractivity (Wildman–Crippen MR) is 111 cm³/mol. The fourth-order valence-corrected chi connectivity index (χ4v) is 3.63. The van der Waals surface area contributed by atoms with Crippen molar-refractivity contribution in [3.8, 4) is 0 Å². The van der Waals surface area contributed by atoms with Gasteiger partial charge in [-0.15, -0.1) is 0 Å². The van der Waals surface area contributed by atoms with Crippen molar-refractivity contribution in [1.29, 1.82) is 0 Å². The molecular formula is C22H24N6O. The number of pyridine rings is 2. The first kappa shape index (κ1) is 19.0. The van der Waals surface area contributed by atoms with Gasteiger partial charge in [-0.25, -0.2) is 15.0 Å². The second kappa shape index (κ2) is 9.23. The molecule has 3 aromatic heterocycles. The SMILES string of the molecule is O=C(c1cnccn1)N1CCC(CCc2ccnc(Nc3ccccn3)c2)CC1. The van der Waals surface area contributed by atoms with Gasteiger partial charge in [-0.1, -0.05) is 6.07 Å². The van der Waals surface area contributed by atoms with Crippen molar-refractivity contribution in [2.45, 2.75) is 25.7 Å². The van der Waals surface area contributed by atoms with Gasteiger partial charge in [0.1, 0.15) is 17.3 Å². The van der Waals surface area contributed by atoms with Crippen LogP contribution in [0.15, 0.2) is 61.3 Å². The first-order chi connectivity index (χ1) is 14.3. The van der Waals surface area contributed by atoms with Crippen LogP contribution in [-0.2, 0) is 6.42 Å². The van der Waals surface area contributed by atoms with Crippen molar-refractivity contribution in [2.24, 2.45) is 5.92 Å². The van der Waals surface area contributed by atoms with Crippen molar-refractivity contribution in [3.05, 3.63) is 72.6 Å². The van der Waals surface area contributed by atoms with E-state index < -0.39 is 0 Å². The van der Waals surface area contributed by atoms with Crippen LogP contribution in [0.25, 0.3) is 0 Å². The first-order valence-corrected chi connectivity index (χ1v) is 9.96. The third kappa shape index (κ3) is 5.13. The van der Waals surface area contributed by atoms with Crippen LogP contribution in [0, 0.1) is 5.92 Å². The minimum atomic E-state index is -0.0177. The standard InChI is InChI=1S/C22H24N6O/c29-22(19-16-23-11-12-24-19)28-13-7-17(8-14-28)4-5-18-6-10-26-21(15-18)27-20-3-1-2-9-25-20/h1-3,6,9-12,15-17H,4-5,7-8,13-14H2,(H,25,26,27). The average Bonchev–Trinajstić information content (AvgIpc) is 2.79. The highest BCUT2D eigenvalue weighted by Crippen LogP contribution is 2.24. The summed E-state index contributed by atoms with van der Waals surface area (Å²) in [7, 11) is 0. The van der Waals surface area contributed by atoms with E-state index in [4.69, 9.17) is 0 Å². The summed E-state index contributed by atoms with van der Waals surface area (Å²) in [6.45, 7) is 1.56. The number of carbonyl (C=O) groups is 1. The maximum Gasteiger partial charge on any atom is 0.274 e. The highest BCUT2D eigenvalue weighted by atomic mass is 16.2. The van der Waals surface area contributed by atoms with Gasteiger partial charge in [0.25, 0.3) is 5.91 Å². The van der Waals surface area contributed by atoms with Crippen molar-refractivity contribution in [3.63, 3.8) is 0 Å². The van der Waals surface area contributed by atoms with E-state index in [0.717, 1.165) is 50.4 Å². The number of rotatable bonds is 6. The summed E-state index contributed by atoms with van der Waals surface area (Å²) >= 11 is 0. The molecule has 7 heteroatoms. The van der Waals surface area contributed by atoms with Crippen molar-refractivity contribution >= 4 is 17.5 Å². The van der Waals surface area contributed by atoms with E-state index in [9.17, 15) is 4.79 Å². The minimum absolute atomic E-state index is 0.0177. The molecule has 0 atom stereocenters.